The number of nitrogens with one attached hydrogen (secondary N) is 1. The highest BCUT2D eigenvalue weighted by molar-refractivity contribution is 5.81. The number of para-hydroxylation sites is 1. The van der Waals surface area contributed by atoms with Crippen molar-refractivity contribution in [1.82, 2.24) is 9.78 Å². The van der Waals surface area contributed by atoms with Crippen LogP contribution >= 0.6 is 0 Å². The third-order valence-electron chi connectivity index (χ3n) is 3.19. The molecule has 0 bridgehead atoms. The smallest absolute Gasteiger partial charge is 0.333 e. The Morgan fingerprint density at radius 3 is 2.70 bits per heavy atom. The van der Waals surface area contributed by atoms with Crippen LogP contribution in [0.25, 0.3) is 0 Å². The minimum Gasteiger partial charge on any atom is -0.467 e. The Bertz CT molecular complexity index is 625. The van der Waals surface area contributed by atoms with Crippen LogP contribution in [-0.2, 0) is 16.6 Å². The Labute approximate surface area is 116 Å². The van der Waals surface area contributed by atoms with Gasteiger partial charge in [0.2, 0.25) is 0 Å². The lowest BCUT2D eigenvalue weighted by molar-refractivity contribution is -0.141. The lowest BCUT2D eigenvalue weighted by Gasteiger charge is -2.18. The highest BCUT2D eigenvalue weighted by Gasteiger charge is 2.25. The molecule has 106 valence electrons. The summed E-state index contributed by atoms with van der Waals surface area (Å²) < 4.78 is 20.1. The maximum atomic E-state index is 13.7. The summed E-state index contributed by atoms with van der Waals surface area (Å²) in [6, 6.07) is 5.37. The van der Waals surface area contributed by atoms with Gasteiger partial charge in [-0.1, -0.05) is 12.1 Å². The first-order valence-electron chi connectivity index (χ1n) is 6.12. The van der Waals surface area contributed by atoms with Crippen molar-refractivity contribution in [2.24, 2.45) is 7.05 Å². The van der Waals surface area contributed by atoms with Crippen molar-refractivity contribution in [3.8, 4) is 0 Å². The third-order valence-corrected chi connectivity index (χ3v) is 3.19. The Kier molecular flexibility index (Phi) is 4.02. The van der Waals surface area contributed by atoms with E-state index in [9.17, 15) is 9.18 Å². The van der Waals surface area contributed by atoms with E-state index in [0.29, 0.717) is 5.56 Å². The van der Waals surface area contributed by atoms with E-state index in [-0.39, 0.29) is 5.69 Å². The number of nitrogens with zero attached hydrogens (tertiary/aromatic N) is 2. The molecule has 0 aliphatic rings. The molecule has 2 aromatic rings. The number of halogens is 1. The Hall–Kier alpha value is -2.37. The molecule has 0 spiro atoms. The highest BCUT2D eigenvalue weighted by Crippen LogP contribution is 2.24. The van der Waals surface area contributed by atoms with Gasteiger partial charge in [0.15, 0.2) is 6.04 Å². The van der Waals surface area contributed by atoms with Gasteiger partial charge in [0.25, 0.3) is 0 Å². The number of rotatable bonds is 4. The second-order valence-electron chi connectivity index (χ2n) is 4.39. The summed E-state index contributed by atoms with van der Waals surface area (Å²) in [6.07, 6.45) is 1.57. The summed E-state index contributed by atoms with van der Waals surface area (Å²) >= 11 is 0. The van der Waals surface area contributed by atoms with E-state index in [1.54, 1.807) is 36.1 Å². The van der Waals surface area contributed by atoms with E-state index in [1.807, 2.05) is 6.92 Å². The maximum absolute atomic E-state index is 13.7. The summed E-state index contributed by atoms with van der Waals surface area (Å²) in [5, 5.41) is 6.96. The Morgan fingerprint density at radius 2 is 2.15 bits per heavy atom. The van der Waals surface area contributed by atoms with E-state index in [1.165, 1.54) is 13.2 Å². The molecule has 6 heteroatoms. The maximum Gasteiger partial charge on any atom is 0.333 e. The number of carbonyl (C=O) groups excluding carboxylic acids is 1. The van der Waals surface area contributed by atoms with Crippen LogP contribution in [0.1, 0.15) is 17.3 Å². The van der Waals surface area contributed by atoms with Crippen LogP contribution in [0.5, 0.6) is 0 Å². The molecule has 5 nitrogen and oxygen atoms in total. The third kappa shape index (κ3) is 2.64. The number of aromatic nitrogens is 2. The number of carbonyl (C=O) groups is 1. The second kappa shape index (κ2) is 5.73. The number of aryl methyl sites for hydroxylation is 1. The van der Waals surface area contributed by atoms with Crippen molar-refractivity contribution in [3.05, 3.63) is 47.5 Å². The normalized spacial score (nSPS) is 12.0. The van der Waals surface area contributed by atoms with E-state index in [2.05, 4.69) is 10.4 Å². The zero-order chi connectivity index (χ0) is 14.7. The quantitative estimate of drug-likeness (QED) is 0.870. The highest BCUT2D eigenvalue weighted by atomic mass is 19.1. The molecule has 0 saturated carbocycles. The lowest BCUT2D eigenvalue weighted by Crippen LogP contribution is -2.23. The van der Waals surface area contributed by atoms with Crippen LogP contribution in [0.4, 0.5) is 10.1 Å². The number of ether oxygens (including phenoxy) is 1. The van der Waals surface area contributed by atoms with Gasteiger partial charge in [0.05, 0.1) is 19.0 Å². The van der Waals surface area contributed by atoms with Crippen molar-refractivity contribution >= 4 is 11.7 Å². The van der Waals surface area contributed by atoms with E-state index in [4.69, 9.17) is 4.74 Å². The first-order valence-corrected chi connectivity index (χ1v) is 6.12. The van der Waals surface area contributed by atoms with Crippen LogP contribution < -0.4 is 5.32 Å². The van der Waals surface area contributed by atoms with Crippen LogP contribution in [-0.4, -0.2) is 22.9 Å². The summed E-state index contributed by atoms with van der Waals surface area (Å²) in [4.78, 5) is 11.9. The monoisotopic (exact) mass is 277 g/mol. The molecule has 0 aliphatic heterocycles. The Balaban J connectivity index is 2.37. The number of hydrogen-bond donors (Lipinski definition) is 1. The molecule has 1 unspecified atom stereocenters. The van der Waals surface area contributed by atoms with Gasteiger partial charge in [-0.2, -0.15) is 5.10 Å². The van der Waals surface area contributed by atoms with Gasteiger partial charge >= 0.3 is 5.97 Å². The zero-order valence-corrected chi connectivity index (χ0v) is 11.6. The molecule has 1 aromatic heterocycles. The van der Waals surface area contributed by atoms with Gasteiger partial charge in [-0.25, -0.2) is 9.18 Å². The largest absolute Gasteiger partial charge is 0.467 e. The lowest BCUT2D eigenvalue weighted by atomic mass is 10.1. The summed E-state index contributed by atoms with van der Waals surface area (Å²) in [5.41, 5.74) is 1.71. The molecule has 20 heavy (non-hydrogen) atoms. The first-order chi connectivity index (χ1) is 9.54. The molecular formula is C14H16FN3O2. The number of esters is 1. The predicted molar refractivity (Wildman–Crippen MR) is 72.7 cm³/mol. The number of benzene rings is 1. The van der Waals surface area contributed by atoms with Crippen molar-refractivity contribution < 1.29 is 13.9 Å². The topological polar surface area (TPSA) is 56.1 Å². The van der Waals surface area contributed by atoms with Gasteiger partial charge in [0, 0.05) is 18.3 Å². The number of methoxy groups -OCH3 is 1. The Morgan fingerprint density at radius 1 is 1.45 bits per heavy atom. The summed E-state index contributed by atoms with van der Waals surface area (Å²) in [6.45, 7) is 1.83. The minimum absolute atomic E-state index is 0.242. The van der Waals surface area contributed by atoms with Crippen LogP contribution in [0.15, 0.2) is 30.5 Å². The minimum atomic E-state index is -0.800. The molecule has 0 amide bonds. The van der Waals surface area contributed by atoms with Gasteiger partial charge in [-0.3, -0.25) is 4.68 Å². The standard InChI is InChI=1S/C14H16FN3O2/c1-9-10(8-16-18(9)2)13(14(19)20-3)17-12-7-5-4-6-11(12)15/h4-8,13,17H,1-3H3. The number of hydrogen-bond acceptors (Lipinski definition) is 4. The van der Waals surface area contributed by atoms with Gasteiger partial charge in [0.1, 0.15) is 5.82 Å². The fourth-order valence-electron chi connectivity index (χ4n) is 1.91. The van der Waals surface area contributed by atoms with Gasteiger partial charge < -0.3 is 10.1 Å². The molecule has 1 aromatic carbocycles. The molecular weight excluding hydrogens is 261 g/mol. The van der Waals surface area contributed by atoms with E-state index in [0.717, 1.165) is 5.69 Å². The molecule has 0 saturated heterocycles. The van der Waals surface area contributed by atoms with E-state index < -0.39 is 17.8 Å². The zero-order valence-electron chi connectivity index (χ0n) is 11.6. The average molecular weight is 277 g/mol. The number of anilines is 1. The van der Waals surface area contributed by atoms with E-state index >= 15 is 0 Å². The second-order valence-corrected chi connectivity index (χ2v) is 4.39. The molecule has 0 radical (unpaired) electrons. The first kappa shape index (κ1) is 14.0. The predicted octanol–water partition coefficient (Wildman–Crippen LogP) is 2.19. The SMILES string of the molecule is COC(=O)C(Nc1ccccc1F)c1cnn(C)c1C. The molecule has 1 N–H and O–H groups in total. The fraction of sp³-hybridized carbons (Fsp3) is 0.286. The van der Waals surface area contributed by atoms with Crippen LogP contribution in [0.2, 0.25) is 0 Å². The van der Waals surface area contributed by atoms with Gasteiger partial charge in [-0.15, -0.1) is 0 Å². The average Bonchev–Trinajstić information content (AvgIpc) is 2.77. The van der Waals surface area contributed by atoms with Crippen molar-refractivity contribution in [1.29, 1.82) is 0 Å². The summed E-state index contributed by atoms with van der Waals surface area (Å²) in [5.74, 6) is -0.924. The molecule has 1 heterocycles. The van der Waals surface area contributed by atoms with Crippen LogP contribution in [0.3, 0.4) is 0 Å². The molecule has 0 aliphatic carbocycles. The molecule has 0 fully saturated rings. The molecule has 2 rings (SSSR count). The fourth-order valence-corrected chi connectivity index (χ4v) is 1.91. The van der Waals surface area contributed by atoms with Crippen molar-refractivity contribution in [2.45, 2.75) is 13.0 Å². The molecule has 1 atom stereocenters. The van der Waals surface area contributed by atoms with Gasteiger partial charge in [-0.05, 0) is 19.1 Å². The van der Waals surface area contributed by atoms with Crippen molar-refractivity contribution in [2.75, 3.05) is 12.4 Å². The van der Waals surface area contributed by atoms with Crippen molar-refractivity contribution in [3.63, 3.8) is 0 Å². The summed E-state index contributed by atoms with van der Waals surface area (Å²) in [7, 11) is 3.07. The van der Waals surface area contributed by atoms with Crippen LogP contribution in [0, 0.1) is 12.7 Å².